The van der Waals surface area contributed by atoms with Gasteiger partial charge in [-0.05, 0) is 13.0 Å². The van der Waals surface area contributed by atoms with Crippen molar-refractivity contribution in [1.29, 1.82) is 0 Å². The van der Waals surface area contributed by atoms with Gasteiger partial charge >= 0.3 is 6.03 Å². The van der Waals surface area contributed by atoms with Crippen LogP contribution in [0.15, 0.2) is 6.20 Å². The van der Waals surface area contributed by atoms with Gasteiger partial charge in [-0.1, -0.05) is 13.8 Å². The lowest BCUT2D eigenvalue weighted by atomic mass is 10.1. The summed E-state index contributed by atoms with van der Waals surface area (Å²) in [5.41, 5.74) is 2.18. The van der Waals surface area contributed by atoms with Gasteiger partial charge in [0, 0.05) is 64.5 Å². The van der Waals surface area contributed by atoms with Gasteiger partial charge in [-0.25, -0.2) is 14.8 Å². The zero-order valence-corrected chi connectivity index (χ0v) is 15.9. The Labute approximate surface area is 150 Å². The molecule has 2 aliphatic rings. The van der Waals surface area contributed by atoms with E-state index in [4.69, 9.17) is 4.98 Å². The van der Waals surface area contributed by atoms with E-state index in [-0.39, 0.29) is 6.03 Å². The lowest BCUT2D eigenvalue weighted by molar-refractivity contribution is 0.152. The molecule has 0 radical (unpaired) electrons. The summed E-state index contributed by atoms with van der Waals surface area (Å²) in [6.45, 7) is 10.4. The SMILES string of the molecule is CC(C)CN(C)C(=O)N1CCc2nc(N3CCN(C)CC3)ncc2C1. The summed E-state index contributed by atoms with van der Waals surface area (Å²) in [5, 5.41) is 0. The Morgan fingerprint density at radius 2 is 1.96 bits per heavy atom. The van der Waals surface area contributed by atoms with Gasteiger partial charge in [-0.3, -0.25) is 0 Å². The Bertz CT molecular complexity index is 612. The Balaban J connectivity index is 1.65. The van der Waals surface area contributed by atoms with E-state index in [1.165, 1.54) is 0 Å². The van der Waals surface area contributed by atoms with Gasteiger partial charge in [0.2, 0.25) is 5.95 Å². The van der Waals surface area contributed by atoms with E-state index < -0.39 is 0 Å². The fraction of sp³-hybridized carbons (Fsp3) is 0.722. The predicted molar refractivity (Wildman–Crippen MR) is 98.7 cm³/mol. The van der Waals surface area contributed by atoms with Crippen LogP contribution in [-0.2, 0) is 13.0 Å². The number of aromatic nitrogens is 2. The number of carbonyl (C=O) groups is 1. The molecule has 1 saturated heterocycles. The third kappa shape index (κ3) is 4.21. The molecular formula is C18H30N6O. The smallest absolute Gasteiger partial charge is 0.320 e. The molecule has 0 aliphatic carbocycles. The highest BCUT2D eigenvalue weighted by atomic mass is 16.2. The van der Waals surface area contributed by atoms with Crippen LogP contribution < -0.4 is 4.90 Å². The minimum atomic E-state index is 0.0995. The Morgan fingerprint density at radius 3 is 2.64 bits per heavy atom. The van der Waals surface area contributed by atoms with Crippen molar-refractivity contribution in [3.63, 3.8) is 0 Å². The molecule has 0 unspecified atom stereocenters. The van der Waals surface area contributed by atoms with Crippen LogP contribution in [0, 0.1) is 5.92 Å². The molecule has 3 rings (SSSR count). The number of nitrogens with zero attached hydrogens (tertiary/aromatic N) is 6. The summed E-state index contributed by atoms with van der Waals surface area (Å²) in [6, 6.07) is 0.0995. The monoisotopic (exact) mass is 346 g/mol. The topological polar surface area (TPSA) is 55.8 Å². The first-order valence-corrected chi connectivity index (χ1v) is 9.22. The van der Waals surface area contributed by atoms with E-state index in [2.05, 4.69) is 35.7 Å². The third-order valence-electron chi connectivity index (χ3n) is 4.94. The summed E-state index contributed by atoms with van der Waals surface area (Å²) < 4.78 is 0. The number of anilines is 1. The summed E-state index contributed by atoms with van der Waals surface area (Å²) >= 11 is 0. The van der Waals surface area contributed by atoms with E-state index in [1.807, 2.05) is 23.0 Å². The molecule has 0 spiro atoms. The van der Waals surface area contributed by atoms with Gasteiger partial charge < -0.3 is 19.6 Å². The average molecular weight is 346 g/mol. The second-order valence-corrected chi connectivity index (χ2v) is 7.66. The van der Waals surface area contributed by atoms with Crippen molar-refractivity contribution in [2.75, 3.05) is 58.3 Å². The van der Waals surface area contributed by atoms with Crippen LogP contribution in [0.5, 0.6) is 0 Å². The second-order valence-electron chi connectivity index (χ2n) is 7.66. The highest BCUT2D eigenvalue weighted by Crippen LogP contribution is 2.21. The van der Waals surface area contributed by atoms with Crippen molar-refractivity contribution in [3.05, 3.63) is 17.5 Å². The van der Waals surface area contributed by atoms with Crippen LogP contribution in [0.25, 0.3) is 0 Å². The number of carbonyl (C=O) groups excluding carboxylic acids is 1. The summed E-state index contributed by atoms with van der Waals surface area (Å²) in [6.07, 6.45) is 2.72. The number of hydrogen-bond acceptors (Lipinski definition) is 5. The molecule has 0 N–H and O–H groups in total. The third-order valence-corrected chi connectivity index (χ3v) is 4.94. The molecule has 0 atom stereocenters. The zero-order valence-electron chi connectivity index (χ0n) is 15.9. The number of piperazine rings is 1. The molecular weight excluding hydrogens is 316 g/mol. The van der Waals surface area contributed by atoms with E-state index in [0.717, 1.165) is 62.9 Å². The lowest BCUT2D eigenvalue weighted by Gasteiger charge is -2.34. The van der Waals surface area contributed by atoms with E-state index >= 15 is 0 Å². The molecule has 0 saturated carbocycles. The Morgan fingerprint density at radius 1 is 1.24 bits per heavy atom. The van der Waals surface area contributed by atoms with Gasteiger partial charge in [-0.15, -0.1) is 0 Å². The highest BCUT2D eigenvalue weighted by Gasteiger charge is 2.26. The van der Waals surface area contributed by atoms with Crippen LogP contribution in [0.3, 0.4) is 0 Å². The van der Waals surface area contributed by atoms with Crippen LogP contribution in [0.2, 0.25) is 0 Å². The first kappa shape index (κ1) is 17.9. The molecule has 1 aromatic rings. The molecule has 7 nitrogen and oxygen atoms in total. The first-order valence-electron chi connectivity index (χ1n) is 9.22. The Hall–Kier alpha value is -1.89. The summed E-state index contributed by atoms with van der Waals surface area (Å²) in [7, 11) is 4.03. The van der Waals surface area contributed by atoms with Crippen molar-refractivity contribution in [2.45, 2.75) is 26.8 Å². The van der Waals surface area contributed by atoms with E-state index in [9.17, 15) is 4.79 Å². The molecule has 0 bridgehead atoms. The number of amides is 2. The van der Waals surface area contributed by atoms with Crippen molar-refractivity contribution >= 4 is 12.0 Å². The van der Waals surface area contributed by atoms with Crippen molar-refractivity contribution in [1.82, 2.24) is 24.7 Å². The van der Waals surface area contributed by atoms with Gasteiger partial charge in [-0.2, -0.15) is 0 Å². The van der Waals surface area contributed by atoms with Crippen molar-refractivity contribution in [3.8, 4) is 0 Å². The highest BCUT2D eigenvalue weighted by molar-refractivity contribution is 5.74. The molecule has 2 amide bonds. The van der Waals surface area contributed by atoms with Crippen molar-refractivity contribution in [2.24, 2.45) is 5.92 Å². The molecule has 25 heavy (non-hydrogen) atoms. The summed E-state index contributed by atoms with van der Waals surface area (Å²) in [5.74, 6) is 1.31. The molecule has 1 fully saturated rings. The van der Waals surface area contributed by atoms with Crippen LogP contribution in [0.4, 0.5) is 10.7 Å². The largest absolute Gasteiger partial charge is 0.338 e. The molecule has 0 aromatic carbocycles. The van der Waals surface area contributed by atoms with E-state index in [1.54, 1.807) is 0 Å². The fourth-order valence-electron chi connectivity index (χ4n) is 3.49. The number of fused-ring (bicyclic) bond motifs is 1. The van der Waals surface area contributed by atoms with Gasteiger partial charge in [0.25, 0.3) is 0 Å². The number of hydrogen-bond donors (Lipinski definition) is 0. The number of likely N-dealkylation sites (N-methyl/N-ethyl adjacent to an activating group) is 1. The quantitative estimate of drug-likeness (QED) is 0.826. The number of urea groups is 1. The molecule has 1 aromatic heterocycles. The second kappa shape index (κ2) is 7.56. The first-order chi connectivity index (χ1) is 11.9. The van der Waals surface area contributed by atoms with E-state index in [0.29, 0.717) is 12.5 Å². The van der Waals surface area contributed by atoms with Crippen LogP contribution in [-0.4, -0.2) is 84.1 Å². The fourth-order valence-corrected chi connectivity index (χ4v) is 3.49. The van der Waals surface area contributed by atoms with Gasteiger partial charge in [0.1, 0.15) is 0 Å². The lowest BCUT2D eigenvalue weighted by Crippen LogP contribution is -2.46. The van der Waals surface area contributed by atoms with Gasteiger partial charge in [0.15, 0.2) is 0 Å². The maximum absolute atomic E-state index is 12.6. The molecule has 7 heteroatoms. The maximum Gasteiger partial charge on any atom is 0.320 e. The predicted octanol–water partition coefficient (Wildman–Crippen LogP) is 1.29. The van der Waals surface area contributed by atoms with Crippen LogP contribution in [0.1, 0.15) is 25.1 Å². The normalized spacial score (nSPS) is 18.4. The van der Waals surface area contributed by atoms with Gasteiger partial charge in [0.05, 0.1) is 12.2 Å². The minimum Gasteiger partial charge on any atom is -0.338 e. The molecule has 3 heterocycles. The Kier molecular flexibility index (Phi) is 5.42. The standard InChI is InChI=1S/C18H30N6O/c1-14(2)12-22(4)18(25)24-6-5-16-15(13-24)11-19-17(20-16)23-9-7-21(3)8-10-23/h11,14H,5-10,12-13H2,1-4H3. The maximum atomic E-state index is 12.6. The van der Waals surface area contributed by atoms with Crippen molar-refractivity contribution < 1.29 is 4.79 Å². The zero-order chi connectivity index (χ0) is 18.0. The average Bonchev–Trinajstić information content (AvgIpc) is 2.60. The van der Waals surface area contributed by atoms with Crippen LogP contribution >= 0.6 is 0 Å². The number of rotatable bonds is 3. The molecule has 2 aliphatic heterocycles. The molecule has 138 valence electrons. The summed E-state index contributed by atoms with van der Waals surface area (Å²) in [4.78, 5) is 30.3. The minimum absolute atomic E-state index is 0.0995.